The van der Waals surface area contributed by atoms with Crippen LogP contribution in [0.5, 0.6) is 11.5 Å². The van der Waals surface area contributed by atoms with Gasteiger partial charge in [-0.2, -0.15) is 0 Å². The number of amides is 1. The molecule has 0 bridgehead atoms. The van der Waals surface area contributed by atoms with Gasteiger partial charge in [0.25, 0.3) is 5.91 Å². The van der Waals surface area contributed by atoms with E-state index in [1.54, 1.807) is 13.2 Å². The molecule has 0 aromatic heterocycles. The molecule has 0 unspecified atom stereocenters. The fraction of sp³-hybridized carbons (Fsp3) is 0.238. The van der Waals surface area contributed by atoms with Gasteiger partial charge in [-0.05, 0) is 54.8 Å². The first kappa shape index (κ1) is 17.7. The SMILES string of the molecule is CCOc1ccc(/C=C2/N=C(CCc3ccc(OC)cc3)NC2=O)cc1. The molecule has 2 aromatic rings. The summed E-state index contributed by atoms with van der Waals surface area (Å²) in [4.78, 5) is 16.6. The molecule has 1 amide bonds. The fourth-order valence-corrected chi connectivity index (χ4v) is 2.68. The van der Waals surface area contributed by atoms with Gasteiger partial charge >= 0.3 is 0 Å². The zero-order chi connectivity index (χ0) is 18.4. The Bertz CT molecular complexity index is 821. The lowest BCUT2D eigenvalue weighted by Crippen LogP contribution is -2.24. The Balaban J connectivity index is 1.63. The third kappa shape index (κ3) is 4.51. The first-order valence-corrected chi connectivity index (χ1v) is 8.64. The van der Waals surface area contributed by atoms with Crippen molar-refractivity contribution < 1.29 is 14.3 Å². The Morgan fingerprint density at radius 2 is 1.69 bits per heavy atom. The van der Waals surface area contributed by atoms with E-state index in [-0.39, 0.29) is 5.91 Å². The molecule has 0 fully saturated rings. The van der Waals surface area contributed by atoms with Crippen LogP contribution in [0.2, 0.25) is 0 Å². The van der Waals surface area contributed by atoms with E-state index in [4.69, 9.17) is 9.47 Å². The van der Waals surface area contributed by atoms with Crippen LogP contribution >= 0.6 is 0 Å². The molecule has 0 radical (unpaired) electrons. The van der Waals surface area contributed by atoms with Gasteiger partial charge in [-0.15, -0.1) is 0 Å². The highest BCUT2D eigenvalue weighted by atomic mass is 16.5. The topological polar surface area (TPSA) is 59.9 Å². The smallest absolute Gasteiger partial charge is 0.275 e. The molecular weight excluding hydrogens is 328 g/mol. The fourth-order valence-electron chi connectivity index (χ4n) is 2.68. The molecule has 5 nitrogen and oxygen atoms in total. The Kier molecular flexibility index (Phi) is 5.69. The van der Waals surface area contributed by atoms with Crippen molar-refractivity contribution in [3.05, 3.63) is 65.4 Å². The summed E-state index contributed by atoms with van der Waals surface area (Å²) in [6, 6.07) is 15.5. The third-order valence-electron chi connectivity index (χ3n) is 4.05. The Morgan fingerprint density at radius 1 is 1.00 bits per heavy atom. The van der Waals surface area contributed by atoms with Gasteiger partial charge in [0, 0.05) is 6.42 Å². The van der Waals surface area contributed by atoms with Crippen LogP contribution in [0.3, 0.4) is 0 Å². The second-order valence-corrected chi connectivity index (χ2v) is 5.89. The second-order valence-electron chi connectivity index (χ2n) is 5.89. The van der Waals surface area contributed by atoms with E-state index in [1.807, 2.05) is 55.5 Å². The number of nitrogens with zero attached hydrogens (tertiary/aromatic N) is 1. The lowest BCUT2D eigenvalue weighted by atomic mass is 10.1. The molecule has 1 aliphatic heterocycles. The number of carbonyl (C=O) groups excluding carboxylic acids is 1. The molecule has 2 aromatic carbocycles. The summed E-state index contributed by atoms with van der Waals surface area (Å²) in [6.07, 6.45) is 3.27. The highest BCUT2D eigenvalue weighted by molar-refractivity contribution is 6.14. The Morgan fingerprint density at radius 3 is 2.35 bits per heavy atom. The van der Waals surface area contributed by atoms with Crippen LogP contribution in [0, 0.1) is 0 Å². The molecule has 1 N–H and O–H groups in total. The molecule has 0 saturated heterocycles. The maximum absolute atomic E-state index is 12.1. The molecule has 0 spiro atoms. The molecule has 0 aliphatic carbocycles. The quantitative estimate of drug-likeness (QED) is 0.776. The van der Waals surface area contributed by atoms with Gasteiger partial charge in [0.05, 0.1) is 13.7 Å². The number of carbonyl (C=O) groups is 1. The predicted molar refractivity (Wildman–Crippen MR) is 102 cm³/mol. The van der Waals surface area contributed by atoms with Gasteiger partial charge in [0.15, 0.2) is 0 Å². The number of hydrogen-bond acceptors (Lipinski definition) is 4. The third-order valence-corrected chi connectivity index (χ3v) is 4.05. The standard InChI is InChI=1S/C21H22N2O3/c1-3-26-18-11-6-16(7-12-18)14-19-21(24)23-20(22-19)13-8-15-4-9-17(25-2)10-5-15/h4-7,9-12,14H,3,8,13H2,1-2H3,(H,22,23,24)/b19-14+. The van der Waals surface area contributed by atoms with E-state index in [0.29, 0.717) is 24.6 Å². The number of hydrogen-bond donors (Lipinski definition) is 1. The summed E-state index contributed by atoms with van der Waals surface area (Å²) in [5, 5.41) is 2.84. The van der Waals surface area contributed by atoms with Crippen molar-refractivity contribution in [3.63, 3.8) is 0 Å². The lowest BCUT2D eigenvalue weighted by molar-refractivity contribution is -0.115. The monoisotopic (exact) mass is 350 g/mol. The van der Waals surface area contributed by atoms with Crippen LogP contribution in [0.4, 0.5) is 0 Å². The number of aliphatic imine (C=N–C) groups is 1. The largest absolute Gasteiger partial charge is 0.497 e. The maximum atomic E-state index is 12.1. The van der Waals surface area contributed by atoms with E-state index in [9.17, 15) is 4.79 Å². The normalized spacial score (nSPS) is 14.9. The minimum absolute atomic E-state index is 0.163. The Hall–Kier alpha value is -3.08. The number of rotatable bonds is 7. The predicted octanol–water partition coefficient (Wildman–Crippen LogP) is 3.60. The lowest BCUT2D eigenvalue weighted by Gasteiger charge is -2.03. The Labute approximate surface area is 153 Å². The second kappa shape index (κ2) is 8.34. The number of methoxy groups -OCH3 is 1. The van der Waals surface area contributed by atoms with Gasteiger partial charge in [-0.1, -0.05) is 24.3 Å². The summed E-state index contributed by atoms with van der Waals surface area (Å²) in [6.45, 7) is 2.58. The van der Waals surface area contributed by atoms with E-state index in [1.165, 1.54) is 5.56 Å². The minimum atomic E-state index is -0.163. The minimum Gasteiger partial charge on any atom is -0.497 e. The van der Waals surface area contributed by atoms with Gasteiger partial charge in [0.2, 0.25) is 0 Å². The maximum Gasteiger partial charge on any atom is 0.275 e. The molecule has 1 aliphatic rings. The van der Waals surface area contributed by atoms with Gasteiger partial charge in [-0.3, -0.25) is 4.79 Å². The van der Waals surface area contributed by atoms with Crippen molar-refractivity contribution in [1.82, 2.24) is 5.32 Å². The van der Waals surface area contributed by atoms with E-state index in [2.05, 4.69) is 10.3 Å². The van der Waals surface area contributed by atoms with Crippen molar-refractivity contribution >= 4 is 17.8 Å². The van der Waals surface area contributed by atoms with E-state index >= 15 is 0 Å². The molecule has 3 rings (SSSR count). The zero-order valence-electron chi connectivity index (χ0n) is 15.0. The summed E-state index contributed by atoms with van der Waals surface area (Å²) >= 11 is 0. The average molecular weight is 350 g/mol. The first-order chi connectivity index (χ1) is 12.7. The van der Waals surface area contributed by atoms with Gasteiger partial charge in [0.1, 0.15) is 23.0 Å². The number of nitrogens with one attached hydrogen (secondary N) is 1. The summed E-state index contributed by atoms with van der Waals surface area (Å²) in [5.41, 5.74) is 2.52. The van der Waals surface area contributed by atoms with Gasteiger partial charge < -0.3 is 14.8 Å². The molecule has 26 heavy (non-hydrogen) atoms. The van der Waals surface area contributed by atoms with Crippen LogP contribution < -0.4 is 14.8 Å². The number of amidine groups is 1. The van der Waals surface area contributed by atoms with Crippen LogP contribution in [0.1, 0.15) is 24.5 Å². The average Bonchev–Trinajstić information content (AvgIpc) is 3.02. The van der Waals surface area contributed by atoms with Crippen LogP contribution in [0.25, 0.3) is 6.08 Å². The molecule has 1 heterocycles. The molecule has 0 atom stereocenters. The zero-order valence-corrected chi connectivity index (χ0v) is 15.0. The summed E-state index contributed by atoms with van der Waals surface area (Å²) in [5.74, 6) is 2.18. The highest BCUT2D eigenvalue weighted by Gasteiger charge is 2.19. The van der Waals surface area contributed by atoms with Crippen molar-refractivity contribution in [1.29, 1.82) is 0 Å². The molecular formula is C21H22N2O3. The van der Waals surface area contributed by atoms with Crippen LogP contribution in [0.15, 0.2) is 59.2 Å². The first-order valence-electron chi connectivity index (χ1n) is 8.64. The van der Waals surface area contributed by atoms with Crippen molar-refractivity contribution in [2.45, 2.75) is 19.8 Å². The summed E-state index contributed by atoms with van der Waals surface area (Å²) in [7, 11) is 1.65. The van der Waals surface area contributed by atoms with Crippen molar-refractivity contribution in [2.75, 3.05) is 13.7 Å². The van der Waals surface area contributed by atoms with Crippen molar-refractivity contribution in [2.24, 2.45) is 4.99 Å². The number of ether oxygens (including phenoxy) is 2. The molecule has 0 saturated carbocycles. The van der Waals surface area contributed by atoms with E-state index < -0.39 is 0 Å². The molecule has 5 heteroatoms. The van der Waals surface area contributed by atoms with E-state index in [0.717, 1.165) is 23.5 Å². The van der Waals surface area contributed by atoms with Crippen molar-refractivity contribution in [3.8, 4) is 11.5 Å². The van der Waals surface area contributed by atoms with Gasteiger partial charge in [-0.25, -0.2) is 4.99 Å². The summed E-state index contributed by atoms with van der Waals surface area (Å²) < 4.78 is 10.6. The number of aryl methyl sites for hydroxylation is 1. The number of benzene rings is 2. The van der Waals surface area contributed by atoms with Crippen LogP contribution in [-0.2, 0) is 11.2 Å². The van der Waals surface area contributed by atoms with Crippen LogP contribution in [-0.4, -0.2) is 25.5 Å². The molecule has 134 valence electrons. The highest BCUT2D eigenvalue weighted by Crippen LogP contribution is 2.18.